The number of ether oxygens (including phenoxy) is 1. The predicted molar refractivity (Wildman–Crippen MR) is 88.4 cm³/mol. The Labute approximate surface area is 143 Å². The van der Waals surface area contributed by atoms with E-state index in [1.165, 1.54) is 12.0 Å². The molecule has 2 fully saturated rings. The Morgan fingerprint density at radius 3 is 2.33 bits per heavy atom. The van der Waals surface area contributed by atoms with Crippen LogP contribution in [0.15, 0.2) is 0 Å². The Kier molecular flexibility index (Phi) is 5.69. The molecule has 0 radical (unpaired) electrons. The van der Waals surface area contributed by atoms with Crippen molar-refractivity contribution in [3.05, 3.63) is 0 Å². The Morgan fingerprint density at radius 2 is 1.79 bits per heavy atom. The predicted octanol–water partition coefficient (Wildman–Crippen LogP) is -0.303. The molecule has 0 aromatic heterocycles. The van der Waals surface area contributed by atoms with Crippen LogP contribution >= 0.6 is 0 Å². The molecule has 0 saturated carbocycles. The summed E-state index contributed by atoms with van der Waals surface area (Å²) in [5.74, 6) is -0.00535. The summed E-state index contributed by atoms with van der Waals surface area (Å²) in [5, 5.41) is 0. The van der Waals surface area contributed by atoms with Crippen LogP contribution in [0.2, 0.25) is 0 Å². The van der Waals surface area contributed by atoms with Crippen molar-refractivity contribution >= 4 is 17.8 Å². The van der Waals surface area contributed by atoms with E-state index in [4.69, 9.17) is 4.74 Å². The van der Waals surface area contributed by atoms with Crippen LogP contribution in [0, 0.1) is 5.41 Å². The van der Waals surface area contributed by atoms with Gasteiger partial charge in [0.15, 0.2) is 0 Å². The Hall–Kier alpha value is -1.83. The fourth-order valence-corrected chi connectivity index (χ4v) is 3.61. The highest BCUT2D eigenvalue weighted by Crippen LogP contribution is 2.35. The summed E-state index contributed by atoms with van der Waals surface area (Å²) in [6, 6.07) is -0.0854. The van der Waals surface area contributed by atoms with Gasteiger partial charge in [0, 0.05) is 72.3 Å². The molecule has 4 amide bonds. The second kappa shape index (κ2) is 7.38. The third kappa shape index (κ3) is 3.80. The van der Waals surface area contributed by atoms with Gasteiger partial charge >= 0.3 is 6.03 Å². The fraction of sp³-hybridized carbons (Fsp3) is 0.812. The third-order valence-electron chi connectivity index (χ3n) is 4.75. The summed E-state index contributed by atoms with van der Waals surface area (Å²) in [5.41, 5.74) is -0.404. The quantitative estimate of drug-likeness (QED) is 0.707. The lowest BCUT2D eigenvalue weighted by Gasteiger charge is -2.34. The molecule has 2 heterocycles. The molecular formula is C16H28N4O4. The van der Waals surface area contributed by atoms with Crippen LogP contribution in [0.5, 0.6) is 0 Å². The van der Waals surface area contributed by atoms with Crippen LogP contribution in [-0.2, 0) is 14.3 Å². The lowest BCUT2D eigenvalue weighted by molar-refractivity contribution is -0.136. The molecule has 2 saturated heterocycles. The van der Waals surface area contributed by atoms with E-state index >= 15 is 0 Å². The maximum absolute atomic E-state index is 12.5. The number of rotatable bonds is 3. The number of likely N-dealkylation sites (tertiary alicyclic amines) is 1. The molecule has 2 aliphatic rings. The van der Waals surface area contributed by atoms with Crippen molar-refractivity contribution in [1.82, 2.24) is 19.6 Å². The zero-order valence-electron chi connectivity index (χ0n) is 15.1. The van der Waals surface area contributed by atoms with E-state index in [0.717, 1.165) is 0 Å². The number of carbonyl (C=O) groups excluding carboxylic acids is 3. The van der Waals surface area contributed by atoms with Crippen molar-refractivity contribution in [3.8, 4) is 0 Å². The number of nitrogens with zero attached hydrogens (tertiary/aromatic N) is 4. The number of hydrogen-bond donors (Lipinski definition) is 0. The normalized spacial score (nSPS) is 24.5. The third-order valence-corrected chi connectivity index (χ3v) is 4.75. The summed E-state index contributed by atoms with van der Waals surface area (Å²) in [6.45, 7) is 5.09. The average Bonchev–Trinajstić information content (AvgIpc) is 2.72. The maximum Gasteiger partial charge on any atom is 0.319 e. The molecule has 0 aromatic rings. The van der Waals surface area contributed by atoms with Crippen LogP contribution in [0.25, 0.3) is 0 Å². The van der Waals surface area contributed by atoms with Gasteiger partial charge in [-0.1, -0.05) is 0 Å². The van der Waals surface area contributed by atoms with Gasteiger partial charge in [0.05, 0.1) is 0 Å². The van der Waals surface area contributed by atoms with Crippen molar-refractivity contribution in [2.24, 2.45) is 5.41 Å². The summed E-state index contributed by atoms with van der Waals surface area (Å²) in [7, 11) is 4.92. The van der Waals surface area contributed by atoms with Gasteiger partial charge in [-0.3, -0.25) is 9.59 Å². The van der Waals surface area contributed by atoms with E-state index in [1.54, 1.807) is 23.9 Å². The Morgan fingerprint density at radius 1 is 1.17 bits per heavy atom. The monoisotopic (exact) mass is 340 g/mol. The van der Waals surface area contributed by atoms with E-state index in [0.29, 0.717) is 45.7 Å². The van der Waals surface area contributed by atoms with Crippen LogP contribution < -0.4 is 0 Å². The van der Waals surface area contributed by atoms with Gasteiger partial charge in [-0.25, -0.2) is 4.79 Å². The lowest BCUT2D eigenvalue weighted by Crippen LogP contribution is -2.47. The Bertz CT molecular complexity index is 510. The molecule has 0 aliphatic carbocycles. The van der Waals surface area contributed by atoms with Crippen LogP contribution in [-0.4, -0.2) is 105 Å². The molecule has 136 valence electrons. The van der Waals surface area contributed by atoms with Gasteiger partial charge in [0.2, 0.25) is 11.8 Å². The topological polar surface area (TPSA) is 73.4 Å². The fourth-order valence-electron chi connectivity index (χ4n) is 3.61. The molecule has 2 rings (SSSR count). The van der Waals surface area contributed by atoms with Crippen molar-refractivity contribution in [2.45, 2.75) is 13.3 Å². The maximum atomic E-state index is 12.5. The van der Waals surface area contributed by atoms with Crippen LogP contribution in [0.3, 0.4) is 0 Å². The van der Waals surface area contributed by atoms with Gasteiger partial charge in [0.25, 0.3) is 0 Å². The summed E-state index contributed by atoms with van der Waals surface area (Å²) < 4.78 is 4.97. The van der Waals surface area contributed by atoms with Gasteiger partial charge in [-0.2, -0.15) is 0 Å². The number of amides is 4. The molecule has 0 N–H and O–H groups in total. The van der Waals surface area contributed by atoms with E-state index < -0.39 is 5.41 Å². The van der Waals surface area contributed by atoms with Gasteiger partial charge in [0.1, 0.15) is 6.61 Å². The second-order valence-electron chi connectivity index (χ2n) is 6.93. The first-order valence-corrected chi connectivity index (χ1v) is 8.32. The highest BCUT2D eigenvalue weighted by atomic mass is 16.5. The molecule has 8 nitrogen and oxygen atoms in total. The van der Waals surface area contributed by atoms with Crippen molar-refractivity contribution < 1.29 is 19.1 Å². The standard InChI is InChI=1S/C16H28N4O4/c1-5-18-10-16(8-13(18)21)11-19(14(22)9-24-4)6-7-20(12-16)15(23)17(2)3/h5-12H2,1-4H3. The zero-order chi connectivity index (χ0) is 17.9. The SMILES string of the molecule is CCN1CC2(CC1=O)CN(C(=O)COC)CCN(C(=O)N(C)C)C2. The number of urea groups is 1. The minimum absolute atomic E-state index is 0.0170. The number of methoxy groups -OCH3 is 1. The number of hydrogen-bond acceptors (Lipinski definition) is 4. The lowest BCUT2D eigenvalue weighted by atomic mass is 9.86. The van der Waals surface area contributed by atoms with Gasteiger partial charge < -0.3 is 24.3 Å². The molecule has 1 spiro atoms. The minimum atomic E-state index is -0.404. The van der Waals surface area contributed by atoms with Gasteiger partial charge in [-0.05, 0) is 6.92 Å². The molecule has 0 aromatic carbocycles. The molecule has 8 heteroatoms. The first kappa shape index (κ1) is 18.5. The second-order valence-corrected chi connectivity index (χ2v) is 6.93. The molecule has 2 aliphatic heterocycles. The molecule has 1 unspecified atom stereocenters. The average molecular weight is 340 g/mol. The molecule has 0 bridgehead atoms. The summed E-state index contributed by atoms with van der Waals surface area (Å²) in [6.07, 6.45) is 0.370. The zero-order valence-corrected chi connectivity index (χ0v) is 15.1. The first-order chi connectivity index (χ1) is 11.3. The summed E-state index contributed by atoms with van der Waals surface area (Å²) >= 11 is 0. The van der Waals surface area contributed by atoms with Crippen LogP contribution in [0.1, 0.15) is 13.3 Å². The van der Waals surface area contributed by atoms with E-state index in [1.807, 2.05) is 11.8 Å². The van der Waals surface area contributed by atoms with E-state index in [9.17, 15) is 14.4 Å². The molecule has 24 heavy (non-hydrogen) atoms. The van der Waals surface area contributed by atoms with Crippen LogP contribution in [0.4, 0.5) is 4.79 Å². The smallest absolute Gasteiger partial charge is 0.319 e. The number of carbonyl (C=O) groups is 3. The Balaban J connectivity index is 2.26. The summed E-state index contributed by atoms with van der Waals surface area (Å²) in [4.78, 5) is 43.9. The van der Waals surface area contributed by atoms with Crippen molar-refractivity contribution in [1.29, 1.82) is 0 Å². The van der Waals surface area contributed by atoms with Crippen molar-refractivity contribution in [3.63, 3.8) is 0 Å². The largest absolute Gasteiger partial charge is 0.375 e. The first-order valence-electron chi connectivity index (χ1n) is 8.32. The molecule has 1 atom stereocenters. The van der Waals surface area contributed by atoms with E-state index in [2.05, 4.69) is 0 Å². The molecular weight excluding hydrogens is 312 g/mol. The van der Waals surface area contributed by atoms with Crippen molar-refractivity contribution in [2.75, 3.05) is 67.1 Å². The highest BCUT2D eigenvalue weighted by molar-refractivity contribution is 5.81. The van der Waals surface area contributed by atoms with Gasteiger partial charge in [-0.15, -0.1) is 0 Å². The highest BCUT2D eigenvalue weighted by Gasteiger charge is 2.47. The minimum Gasteiger partial charge on any atom is -0.375 e. The van der Waals surface area contributed by atoms with E-state index in [-0.39, 0.29) is 24.5 Å².